The Balaban J connectivity index is 2.21. The van der Waals surface area contributed by atoms with Crippen LogP contribution in [0.5, 0.6) is 11.5 Å². The van der Waals surface area contributed by atoms with Crippen LogP contribution in [0.1, 0.15) is 12.5 Å². The van der Waals surface area contributed by atoms with Gasteiger partial charge in [-0.3, -0.25) is 4.79 Å². The molecule has 0 aliphatic rings. The number of carbonyl (C=O) groups excluding carboxylic acids is 1. The van der Waals surface area contributed by atoms with Crippen LogP contribution in [-0.4, -0.2) is 20.1 Å². The summed E-state index contributed by atoms with van der Waals surface area (Å²) in [4.78, 5) is 12.1. The van der Waals surface area contributed by atoms with Gasteiger partial charge in [0.25, 0.3) is 5.91 Å². The zero-order chi connectivity index (χ0) is 17.7. The highest BCUT2D eigenvalue weighted by Gasteiger charge is 2.10. The molecule has 126 valence electrons. The summed E-state index contributed by atoms with van der Waals surface area (Å²) in [6.07, 6.45) is 1.61. The molecule has 2 rings (SSSR count). The number of amides is 1. The summed E-state index contributed by atoms with van der Waals surface area (Å²) in [7, 11) is 3.04. The Bertz CT molecular complexity index is 788. The molecule has 0 atom stereocenters. The maximum Gasteiger partial charge on any atom is 0.251 e. The fraction of sp³-hybridized carbons (Fsp3) is 0.167. The van der Waals surface area contributed by atoms with Crippen molar-refractivity contribution in [1.29, 1.82) is 0 Å². The van der Waals surface area contributed by atoms with Gasteiger partial charge in [0.05, 0.1) is 19.9 Å². The molecule has 0 aromatic heterocycles. The Hall–Kier alpha value is -2.89. The third-order valence-corrected chi connectivity index (χ3v) is 3.33. The summed E-state index contributed by atoms with van der Waals surface area (Å²) >= 11 is 0. The number of halogens is 2. The Labute approximate surface area is 138 Å². The SMILES string of the molecule is COc1ccc(/C=C(\C)C(=O)Nc2cc(F)ccc2F)cc1OC. The van der Waals surface area contributed by atoms with Gasteiger partial charge in [0.1, 0.15) is 11.6 Å². The Morgan fingerprint density at radius 2 is 1.75 bits per heavy atom. The molecule has 0 aliphatic heterocycles. The van der Waals surface area contributed by atoms with Gasteiger partial charge in [0.2, 0.25) is 0 Å². The first-order valence-electron chi connectivity index (χ1n) is 7.11. The lowest BCUT2D eigenvalue weighted by molar-refractivity contribution is -0.112. The van der Waals surface area contributed by atoms with Gasteiger partial charge in [0.15, 0.2) is 11.5 Å². The molecule has 6 heteroatoms. The molecule has 0 aliphatic carbocycles. The highest BCUT2D eigenvalue weighted by molar-refractivity contribution is 6.06. The number of ether oxygens (including phenoxy) is 2. The van der Waals surface area contributed by atoms with Gasteiger partial charge in [-0.05, 0) is 42.8 Å². The molecule has 0 saturated carbocycles. The van der Waals surface area contributed by atoms with E-state index in [9.17, 15) is 13.6 Å². The third-order valence-electron chi connectivity index (χ3n) is 3.33. The average molecular weight is 333 g/mol. The minimum absolute atomic E-state index is 0.208. The van der Waals surface area contributed by atoms with Gasteiger partial charge in [-0.25, -0.2) is 8.78 Å². The van der Waals surface area contributed by atoms with E-state index in [1.165, 1.54) is 14.2 Å². The molecule has 1 amide bonds. The van der Waals surface area contributed by atoms with Crippen molar-refractivity contribution in [3.63, 3.8) is 0 Å². The van der Waals surface area contributed by atoms with Crippen LogP contribution < -0.4 is 14.8 Å². The Morgan fingerprint density at radius 1 is 1.04 bits per heavy atom. The van der Waals surface area contributed by atoms with Gasteiger partial charge in [-0.15, -0.1) is 0 Å². The lowest BCUT2D eigenvalue weighted by Crippen LogP contribution is -2.13. The molecule has 4 nitrogen and oxygen atoms in total. The van der Waals surface area contributed by atoms with Crippen molar-refractivity contribution in [2.45, 2.75) is 6.92 Å². The predicted octanol–water partition coefficient (Wildman–Crippen LogP) is 4.02. The zero-order valence-corrected chi connectivity index (χ0v) is 13.5. The summed E-state index contributed by atoms with van der Waals surface area (Å²) in [5.74, 6) is -0.777. The van der Waals surface area contributed by atoms with Crippen molar-refractivity contribution in [1.82, 2.24) is 0 Å². The van der Waals surface area contributed by atoms with Crippen LogP contribution in [0, 0.1) is 11.6 Å². The van der Waals surface area contributed by atoms with Crippen LogP contribution in [0.3, 0.4) is 0 Å². The van der Waals surface area contributed by atoms with Gasteiger partial charge in [-0.1, -0.05) is 6.07 Å². The molecule has 24 heavy (non-hydrogen) atoms. The van der Waals surface area contributed by atoms with Crippen molar-refractivity contribution in [2.75, 3.05) is 19.5 Å². The Morgan fingerprint density at radius 3 is 2.42 bits per heavy atom. The van der Waals surface area contributed by atoms with E-state index >= 15 is 0 Å². The standard InChI is InChI=1S/C18H17F2NO3/c1-11(8-12-4-7-16(23-2)17(9-12)24-3)18(22)21-15-10-13(19)5-6-14(15)20/h4-10H,1-3H3,(H,21,22)/b11-8+. The highest BCUT2D eigenvalue weighted by atomic mass is 19.1. The molecule has 0 radical (unpaired) electrons. The largest absolute Gasteiger partial charge is 0.493 e. The van der Waals surface area contributed by atoms with Crippen molar-refractivity contribution in [2.24, 2.45) is 0 Å². The maximum atomic E-state index is 13.6. The fourth-order valence-corrected chi connectivity index (χ4v) is 2.07. The minimum atomic E-state index is -0.705. The van der Waals surface area contributed by atoms with Crippen LogP contribution in [0.15, 0.2) is 42.0 Å². The summed E-state index contributed by atoms with van der Waals surface area (Å²) in [5, 5.41) is 2.34. The van der Waals surface area contributed by atoms with E-state index in [-0.39, 0.29) is 5.69 Å². The molecule has 0 heterocycles. The first-order chi connectivity index (χ1) is 11.4. The average Bonchev–Trinajstić information content (AvgIpc) is 2.57. The third kappa shape index (κ3) is 4.10. The van der Waals surface area contributed by atoms with E-state index in [0.717, 1.165) is 18.2 Å². The maximum absolute atomic E-state index is 13.6. The number of rotatable bonds is 5. The van der Waals surface area contributed by atoms with Crippen LogP contribution in [-0.2, 0) is 4.79 Å². The monoisotopic (exact) mass is 333 g/mol. The topological polar surface area (TPSA) is 47.6 Å². The van der Waals surface area contributed by atoms with E-state index < -0.39 is 17.5 Å². The number of anilines is 1. The molecule has 1 N–H and O–H groups in total. The van der Waals surface area contributed by atoms with Crippen molar-refractivity contribution in [3.05, 3.63) is 59.2 Å². The van der Waals surface area contributed by atoms with Gasteiger partial charge in [-0.2, -0.15) is 0 Å². The summed E-state index contributed by atoms with van der Waals surface area (Å²) < 4.78 is 37.1. The van der Waals surface area contributed by atoms with E-state index in [2.05, 4.69) is 5.32 Å². The number of hydrogen-bond donors (Lipinski definition) is 1. The molecule has 2 aromatic carbocycles. The Kier molecular flexibility index (Phi) is 5.52. The molecule has 0 saturated heterocycles. The second-order valence-electron chi connectivity index (χ2n) is 5.02. The van der Waals surface area contributed by atoms with Crippen molar-refractivity contribution in [3.8, 4) is 11.5 Å². The summed E-state index contributed by atoms with van der Waals surface area (Å²) in [5.41, 5.74) is 0.825. The number of benzene rings is 2. The second kappa shape index (κ2) is 7.59. The van der Waals surface area contributed by atoms with Crippen LogP contribution in [0.4, 0.5) is 14.5 Å². The van der Waals surface area contributed by atoms with E-state index in [0.29, 0.717) is 22.6 Å². The van der Waals surface area contributed by atoms with Gasteiger partial charge < -0.3 is 14.8 Å². The smallest absolute Gasteiger partial charge is 0.251 e. The van der Waals surface area contributed by atoms with Crippen LogP contribution in [0.2, 0.25) is 0 Å². The first kappa shape index (κ1) is 17.5. The lowest BCUT2D eigenvalue weighted by atomic mass is 10.1. The number of methoxy groups -OCH3 is 2. The molecule has 0 spiro atoms. The number of carbonyl (C=O) groups is 1. The van der Waals surface area contributed by atoms with Crippen LogP contribution >= 0.6 is 0 Å². The van der Waals surface area contributed by atoms with Crippen molar-refractivity contribution < 1.29 is 23.0 Å². The molecular formula is C18H17F2NO3. The molecule has 0 bridgehead atoms. The predicted molar refractivity (Wildman–Crippen MR) is 88.2 cm³/mol. The fourth-order valence-electron chi connectivity index (χ4n) is 2.07. The lowest BCUT2D eigenvalue weighted by Gasteiger charge is -2.09. The highest BCUT2D eigenvalue weighted by Crippen LogP contribution is 2.28. The van der Waals surface area contributed by atoms with Crippen LogP contribution in [0.25, 0.3) is 6.08 Å². The molecular weight excluding hydrogens is 316 g/mol. The zero-order valence-electron chi connectivity index (χ0n) is 13.5. The second-order valence-corrected chi connectivity index (χ2v) is 5.02. The summed E-state index contributed by atoms with van der Waals surface area (Å²) in [6.45, 7) is 1.57. The first-order valence-corrected chi connectivity index (χ1v) is 7.11. The molecule has 0 fully saturated rings. The normalized spacial score (nSPS) is 11.1. The quantitative estimate of drug-likeness (QED) is 0.841. The van der Waals surface area contributed by atoms with Crippen molar-refractivity contribution >= 4 is 17.7 Å². The van der Waals surface area contributed by atoms with Gasteiger partial charge >= 0.3 is 0 Å². The van der Waals surface area contributed by atoms with E-state index in [1.54, 1.807) is 31.2 Å². The number of nitrogens with one attached hydrogen (secondary N) is 1. The van der Waals surface area contributed by atoms with E-state index in [4.69, 9.17) is 9.47 Å². The summed E-state index contributed by atoms with van der Waals surface area (Å²) in [6, 6.07) is 8.04. The minimum Gasteiger partial charge on any atom is -0.493 e. The van der Waals surface area contributed by atoms with E-state index in [1.807, 2.05) is 0 Å². The molecule has 2 aromatic rings. The number of hydrogen-bond acceptors (Lipinski definition) is 3. The van der Waals surface area contributed by atoms with Gasteiger partial charge in [0, 0.05) is 11.6 Å². The molecule has 0 unspecified atom stereocenters.